The molecule has 3 aliphatic rings. The third-order valence-corrected chi connectivity index (χ3v) is 9.78. The predicted octanol–water partition coefficient (Wildman–Crippen LogP) is 8.07. The Morgan fingerprint density at radius 1 is 0.860 bits per heavy atom. The molecule has 0 N–H and O–H groups in total. The van der Waals surface area contributed by atoms with E-state index in [1.54, 1.807) is 23.9 Å². The van der Waals surface area contributed by atoms with Gasteiger partial charge in [0.15, 0.2) is 0 Å². The number of allylic oxidation sites excluding steroid dienone is 1. The molecule has 2 saturated carbocycles. The molecule has 50 heavy (non-hydrogen) atoms. The van der Waals surface area contributed by atoms with E-state index in [9.17, 15) is 31.1 Å². The molecule has 0 unspecified atom stereocenters. The second-order valence-electron chi connectivity index (χ2n) is 14.8. The fourth-order valence-corrected chi connectivity index (χ4v) is 6.72. The zero-order valence-electron chi connectivity index (χ0n) is 28.7. The van der Waals surface area contributed by atoms with Crippen LogP contribution in [0.5, 0.6) is 0 Å². The van der Waals surface area contributed by atoms with Crippen molar-refractivity contribution in [2.24, 2.45) is 11.8 Å². The predicted molar refractivity (Wildman–Crippen MR) is 179 cm³/mol. The largest absolute Gasteiger partial charge is 0.416 e. The van der Waals surface area contributed by atoms with Crippen LogP contribution < -0.4 is 9.80 Å². The molecular formula is C37H42F6N6O. The van der Waals surface area contributed by atoms with Crippen LogP contribution in [0.25, 0.3) is 5.70 Å². The normalized spacial score (nSPS) is 17.4. The Morgan fingerprint density at radius 3 is 1.94 bits per heavy atom. The summed E-state index contributed by atoms with van der Waals surface area (Å²) in [6.45, 7) is 5.82. The van der Waals surface area contributed by atoms with Gasteiger partial charge >= 0.3 is 12.4 Å². The second-order valence-corrected chi connectivity index (χ2v) is 14.8. The lowest BCUT2D eigenvalue weighted by molar-refractivity contribution is -0.143. The molecule has 6 rings (SSSR count). The van der Waals surface area contributed by atoms with Crippen LogP contribution in [0.4, 0.5) is 38.1 Å². The minimum absolute atomic E-state index is 0.101. The van der Waals surface area contributed by atoms with Gasteiger partial charge in [0.2, 0.25) is 5.95 Å². The molecule has 2 fully saturated rings. The van der Waals surface area contributed by atoms with Crippen molar-refractivity contribution in [3.8, 4) is 0 Å². The van der Waals surface area contributed by atoms with Crippen LogP contribution in [-0.4, -0.2) is 53.3 Å². The number of hydrogen-bond donors (Lipinski definition) is 0. The first-order valence-electron chi connectivity index (χ1n) is 17.0. The highest BCUT2D eigenvalue weighted by Gasteiger charge is 2.38. The average Bonchev–Trinajstić information content (AvgIpc) is 3.99. The lowest BCUT2D eigenvalue weighted by Gasteiger charge is -2.31. The SMILES string of the molecule is CN(C)/C(=C/C=O)c1cnc(N(Cc2cc(C(F)(F)F)cc(C(F)(F)F)c2)Cc2cc3c(nc2N(CC2CC2)CC2CC2)C(C)(C)CC3)nc1. The van der Waals surface area contributed by atoms with E-state index in [0.29, 0.717) is 29.4 Å². The Balaban J connectivity index is 1.46. The van der Waals surface area contributed by atoms with Crippen LogP contribution in [0.1, 0.15) is 85.0 Å². The molecule has 0 bridgehead atoms. The summed E-state index contributed by atoms with van der Waals surface area (Å²) in [5.41, 5.74) is 0.942. The molecule has 0 spiro atoms. The van der Waals surface area contributed by atoms with E-state index >= 15 is 0 Å². The molecule has 2 aromatic heterocycles. The number of aromatic nitrogens is 3. The number of rotatable bonds is 13. The summed E-state index contributed by atoms with van der Waals surface area (Å²) in [6.07, 6.45) is 1.33. The number of nitrogens with zero attached hydrogens (tertiary/aromatic N) is 6. The van der Waals surface area contributed by atoms with Gasteiger partial charge in [0.05, 0.1) is 16.8 Å². The molecule has 0 amide bonds. The molecule has 3 aliphatic carbocycles. The van der Waals surface area contributed by atoms with Gasteiger partial charge in [-0.05, 0) is 85.8 Å². The number of aldehydes is 1. The molecular weight excluding hydrogens is 658 g/mol. The van der Waals surface area contributed by atoms with Crippen LogP contribution in [0.15, 0.2) is 42.7 Å². The fourth-order valence-electron chi connectivity index (χ4n) is 6.72. The van der Waals surface area contributed by atoms with E-state index in [0.717, 1.165) is 86.4 Å². The van der Waals surface area contributed by atoms with Crippen molar-refractivity contribution in [1.29, 1.82) is 0 Å². The zero-order valence-corrected chi connectivity index (χ0v) is 28.7. The van der Waals surface area contributed by atoms with Crippen molar-refractivity contribution >= 4 is 23.7 Å². The number of carbonyl (C=O) groups excluding carboxylic acids is 1. The van der Waals surface area contributed by atoms with E-state index in [1.807, 2.05) is 0 Å². The Labute approximate surface area is 288 Å². The third kappa shape index (κ3) is 8.24. The number of carbonyl (C=O) groups is 1. The minimum atomic E-state index is -4.98. The van der Waals surface area contributed by atoms with Crippen molar-refractivity contribution in [3.63, 3.8) is 0 Å². The van der Waals surface area contributed by atoms with Gasteiger partial charge in [-0.25, -0.2) is 15.0 Å². The highest BCUT2D eigenvalue weighted by atomic mass is 19.4. The van der Waals surface area contributed by atoms with E-state index in [1.165, 1.54) is 18.5 Å². The molecule has 0 aliphatic heterocycles. The van der Waals surface area contributed by atoms with E-state index in [2.05, 4.69) is 34.8 Å². The molecule has 2 heterocycles. The van der Waals surface area contributed by atoms with Gasteiger partial charge < -0.3 is 14.7 Å². The molecule has 3 aromatic rings. The quantitative estimate of drug-likeness (QED) is 0.102. The first-order valence-corrected chi connectivity index (χ1v) is 17.0. The minimum Gasteiger partial charge on any atom is -0.377 e. The summed E-state index contributed by atoms with van der Waals surface area (Å²) >= 11 is 0. The zero-order chi connectivity index (χ0) is 36.0. The molecule has 1 aromatic carbocycles. The van der Waals surface area contributed by atoms with Crippen LogP contribution in [0.3, 0.4) is 0 Å². The summed E-state index contributed by atoms with van der Waals surface area (Å²) in [5, 5.41) is 0. The number of benzene rings is 1. The monoisotopic (exact) mass is 700 g/mol. The number of alkyl halides is 6. The lowest BCUT2D eigenvalue weighted by Crippen LogP contribution is -2.33. The van der Waals surface area contributed by atoms with E-state index in [4.69, 9.17) is 4.98 Å². The van der Waals surface area contributed by atoms with Crippen molar-refractivity contribution in [2.45, 2.75) is 83.2 Å². The first-order chi connectivity index (χ1) is 23.5. The third-order valence-electron chi connectivity index (χ3n) is 9.78. The fraction of sp³-hybridized carbons (Fsp3) is 0.514. The molecule has 0 atom stereocenters. The summed E-state index contributed by atoms with van der Waals surface area (Å²) < 4.78 is 83.3. The maximum atomic E-state index is 13.9. The van der Waals surface area contributed by atoms with Crippen LogP contribution in [-0.2, 0) is 42.1 Å². The number of aryl methyl sites for hydroxylation is 1. The van der Waals surface area contributed by atoms with Crippen molar-refractivity contribution in [2.75, 3.05) is 37.0 Å². The van der Waals surface area contributed by atoms with E-state index < -0.39 is 23.5 Å². The van der Waals surface area contributed by atoms with Crippen LogP contribution in [0, 0.1) is 11.8 Å². The van der Waals surface area contributed by atoms with Gasteiger partial charge in [-0.1, -0.05) is 13.8 Å². The highest BCUT2D eigenvalue weighted by molar-refractivity contribution is 5.80. The number of halogens is 6. The van der Waals surface area contributed by atoms with Crippen molar-refractivity contribution in [1.82, 2.24) is 19.9 Å². The summed E-state index contributed by atoms with van der Waals surface area (Å²) in [6, 6.07) is 3.76. The Bertz CT molecular complexity index is 1700. The Kier molecular flexibility index (Phi) is 9.64. The van der Waals surface area contributed by atoms with Gasteiger partial charge in [-0.3, -0.25) is 4.79 Å². The molecule has 268 valence electrons. The van der Waals surface area contributed by atoms with Crippen LogP contribution >= 0.6 is 0 Å². The smallest absolute Gasteiger partial charge is 0.377 e. The van der Waals surface area contributed by atoms with Gasteiger partial charge in [-0.15, -0.1) is 0 Å². The maximum Gasteiger partial charge on any atom is 0.416 e. The molecule has 13 heteroatoms. The highest BCUT2D eigenvalue weighted by Crippen LogP contribution is 2.43. The van der Waals surface area contributed by atoms with Gasteiger partial charge in [0.1, 0.15) is 12.1 Å². The lowest BCUT2D eigenvalue weighted by atomic mass is 9.90. The first kappa shape index (κ1) is 35.7. The number of anilines is 2. The summed E-state index contributed by atoms with van der Waals surface area (Å²) in [7, 11) is 3.50. The molecule has 0 radical (unpaired) electrons. The van der Waals surface area contributed by atoms with Crippen molar-refractivity contribution < 1.29 is 31.1 Å². The summed E-state index contributed by atoms with van der Waals surface area (Å²) in [4.78, 5) is 31.4. The van der Waals surface area contributed by atoms with Crippen molar-refractivity contribution in [3.05, 3.63) is 81.8 Å². The maximum absolute atomic E-state index is 13.9. The van der Waals surface area contributed by atoms with E-state index in [-0.39, 0.29) is 36.1 Å². The summed E-state index contributed by atoms with van der Waals surface area (Å²) in [5.74, 6) is 2.05. The Hall–Kier alpha value is -4.16. The topological polar surface area (TPSA) is 65.5 Å². The molecule has 0 saturated heterocycles. The number of pyridine rings is 1. The Morgan fingerprint density at radius 2 is 1.44 bits per heavy atom. The van der Waals surface area contributed by atoms with Gasteiger partial charge in [0, 0.05) is 81.0 Å². The number of hydrogen-bond acceptors (Lipinski definition) is 7. The standard InChI is InChI=1S/C37H42F6N6O/c1-35(2)11-9-26-15-27(33(46-32(26)35)48(19-23-5-6-23)20-24-7-8-24)22-49(34-44-17-28(18-45-34)31(10-12-50)47(3)4)21-25-13-29(36(38,39)40)16-30(14-25)37(41,42)43/h10,12-18,23-24H,5-9,11,19-22H2,1-4H3/b31-10+. The van der Waals surface area contributed by atoms with Crippen LogP contribution in [0.2, 0.25) is 0 Å². The van der Waals surface area contributed by atoms with Gasteiger partial charge in [-0.2, -0.15) is 26.3 Å². The second kappa shape index (κ2) is 13.5. The molecule has 7 nitrogen and oxygen atoms in total. The van der Waals surface area contributed by atoms with Gasteiger partial charge in [0.25, 0.3) is 0 Å². The average molecular weight is 701 g/mol. The number of fused-ring (bicyclic) bond motifs is 1.